The fraction of sp³-hybridized carbons (Fsp3) is 0.250. The van der Waals surface area contributed by atoms with Gasteiger partial charge in [-0.1, -0.05) is 54.1 Å². The topological polar surface area (TPSA) is 62.4 Å². The Morgan fingerprint density at radius 1 is 1.12 bits per heavy atom. The van der Waals surface area contributed by atoms with E-state index < -0.39 is 5.66 Å². The van der Waals surface area contributed by atoms with Crippen molar-refractivity contribution < 1.29 is 0 Å². The van der Waals surface area contributed by atoms with Crippen LogP contribution >= 0.6 is 11.6 Å². The van der Waals surface area contributed by atoms with Crippen LogP contribution in [0.25, 0.3) is 0 Å². The van der Waals surface area contributed by atoms with Crippen LogP contribution in [0.15, 0.2) is 65.8 Å². The van der Waals surface area contributed by atoms with Gasteiger partial charge in [0.15, 0.2) is 5.96 Å². The second-order valence-corrected chi connectivity index (χ2v) is 6.78. The monoisotopic (exact) mass is 354 g/mol. The molecule has 0 saturated carbocycles. The molecule has 1 heterocycles. The molecule has 1 atom stereocenters. The molecular weight excluding hydrogens is 332 g/mol. The molecule has 0 bridgehead atoms. The first kappa shape index (κ1) is 17.5. The smallest absolute Gasteiger partial charge is 0.197 e. The van der Waals surface area contributed by atoms with Crippen LogP contribution in [0.3, 0.4) is 0 Å². The first-order valence-electron chi connectivity index (χ1n) is 8.39. The number of hydrogen-bond donors (Lipinski definition) is 3. The summed E-state index contributed by atoms with van der Waals surface area (Å²) >= 11 is 6.22. The number of guanidine groups is 1. The van der Waals surface area contributed by atoms with Gasteiger partial charge in [-0.05, 0) is 42.2 Å². The SMILES string of the molecule is Cc1ccc(CC2(N)C=CNC(=NCCc3ccccc3)N2)cc1Cl. The molecule has 0 spiro atoms. The van der Waals surface area contributed by atoms with Crippen LogP contribution in [0.4, 0.5) is 0 Å². The average Bonchev–Trinajstić information content (AvgIpc) is 2.59. The van der Waals surface area contributed by atoms with Gasteiger partial charge in [0, 0.05) is 24.2 Å². The lowest BCUT2D eigenvalue weighted by molar-refractivity contribution is 0.472. The van der Waals surface area contributed by atoms with Crippen molar-refractivity contribution in [1.29, 1.82) is 0 Å². The highest BCUT2D eigenvalue weighted by Crippen LogP contribution is 2.20. The van der Waals surface area contributed by atoms with Crippen molar-refractivity contribution in [3.63, 3.8) is 0 Å². The maximum atomic E-state index is 6.49. The summed E-state index contributed by atoms with van der Waals surface area (Å²) in [5.74, 6) is 0.694. The lowest BCUT2D eigenvalue weighted by Crippen LogP contribution is -2.61. The zero-order valence-electron chi connectivity index (χ0n) is 14.3. The van der Waals surface area contributed by atoms with Gasteiger partial charge in [0.25, 0.3) is 0 Å². The molecule has 0 radical (unpaired) electrons. The van der Waals surface area contributed by atoms with E-state index >= 15 is 0 Å². The summed E-state index contributed by atoms with van der Waals surface area (Å²) in [4.78, 5) is 4.58. The van der Waals surface area contributed by atoms with Gasteiger partial charge < -0.3 is 16.4 Å². The summed E-state index contributed by atoms with van der Waals surface area (Å²) in [6, 6.07) is 16.4. The zero-order chi connectivity index (χ0) is 17.7. The Morgan fingerprint density at radius 2 is 1.92 bits per heavy atom. The molecule has 130 valence electrons. The molecule has 1 unspecified atom stereocenters. The number of nitrogens with zero attached hydrogens (tertiary/aromatic N) is 1. The van der Waals surface area contributed by atoms with Crippen molar-refractivity contribution in [1.82, 2.24) is 10.6 Å². The first-order chi connectivity index (χ1) is 12.0. The second kappa shape index (κ2) is 7.72. The van der Waals surface area contributed by atoms with Crippen molar-refractivity contribution in [2.45, 2.75) is 25.4 Å². The standard InChI is InChI=1S/C20H23ClN4/c1-15-7-8-17(13-18(15)21)14-20(22)10-12-24-19(25-20)23-11-9-16-5-3-2-4-6-16/h2-8,10,12-13H,9,11,14,22H2,1H3,(H2,23,24,25). The number of rotatable bonds is 5. The van der Waals surface area contributed by atoms with Gasteiger partial charge in [-0.2, -0.15) is 0 Å². The van der Waals surface area contributed by atoms with E-state index in [0.717, 1.165) is 22.6 Å². The fourth-order valence-corrected chi connectivity index (χ4v) is 2.98. The molecule has 4 nitrogen and oxygen atoms in total. The van der Waals surface area contributed by atoms with E-state index in [-0.39, 0.29) is 0 Å². The van der Waals surface area contributed by atoms with Crippen LogP contribution in [-0.2, 0) is 12.8 Å². The van der Waals surface area contributed by atoms with Crippen LogP contribution in [0.1, 0.15) is 16.7 Å². The highest BCUT2D eigenvalue weighted by molar-refractivity contribution is 6.31. The Kier molecular flexibility index (Phi) is 5.41. The van der Waals surface area contributed by atoms with Crippen LogP contribution in [0.5, 0.6) is 0 Å². The van der Waals surface area contributed by atoms with Crippen molar-refractivity contribution in [3.8, 4) is 0 Å². The average molecular weight is 355 g/mol. The Morgan fingerprint density at radius 3 is 2.68 bits per heavy atom. The molecule has 0 amide bonds. The molecule has 4 N–H and O–H groups in total. The Hall–Kier alpha value is -2.30. The highest BCUT2D eigenvalue weighted by atomic mass is 35.5. The Balaban J connectivity index is 1.63. The number of aryl methyl sites for hydroxylation is 1. The molecule has 5 heteroatoms. The maximum absolute atomic E-state index is 6.49. The van der Waals surface area contributed by atoms with E-state index in [1.807, 2.05) is 49.5 Å². The molecule has 1 aliphatic heterocycles. The third-order valence-corrected chi connectivity index (χ3v) is 4.61. The minimum absolute atomic E-state index is 0.628. The van der Waals surface area contributed by atoms with Gasteiger partial charge in [0.2, 0.25) is 0 Å². The van der Waals surface area contributed by atoms with Crippen LogP contribution in [0, 0.1) is 6.92 Å². The van der Waals surface area contributed by atoms with Gasteiger partial charge in [-0.15, -0.1) is 0 Å². The summed E-state index contributed by atoms with van der Waals surface area (Å²) < 4.78 is 0. The number of halogens is 1. The molecule has 0 aromatic heterocycles. The predicted octanol–water partition coefficient (Wildman–Crippen LogP) is 3.15. The van der Waals surface area contributed by atoms with Crippen LogP contribution in [-0.4, -0.2) is 18.2 Å². The molecule has 25 heavy (non-hydrogen) atoms. The van der Waals surface area contributed by atoms with Crippen molar-refractivity contribution in [2.24, 2.45) is 10.7 Å². The minimum Gasteiger partial charge on any atom is -0.334 e. The number of benzene rings is 2. The number of hydrogen-bond acceptors (Lipinski definition) is 2. The van der Waals surface area contributed by atoms with E-state index in [9.17, 15) is 0 Å². The maximum Gasteiger partial charge on any atom is 0.197 e. The van der Waals surface area contributed by atoms with E-state index in [2.05, 4.69) is 33.8 Å². The van der Waals surface area contributed by atoms with E-state index in [1.54, 1.807) is 0 Å². The number of nitrogens with two attached hydrogens (primary N) is 1. The van der Waals surface area contributed by atoms with Gasteiger partial charge in [0.1, 0.15) is 5.66 Å². The second-order valence-electron chi connectivity index (χ2n) is 6.37. The van der Waals surface area contributed by atoms with Gasteiger partial charge in [-0.25, -0.2) is 0 Å². The summed E-state index contributed by atoms with van der Waals surface area (Å²) in [6.07, 6.45) is 5.27. The lowest BCUT2D eigenvalue weighted by Gasteiger charge is -2.32. The van der Waals surface area contributed by atoms with Crippen LogP contribution < -0.4 is 16.4 Å². The summed E-state index contributed by atoms with van der Waals surface area (Å²) in [6.45, 7) is 2.68. The normalized spacial score (nSPS) is 21.0. The molecule has 1 aliphatic rings. The quantitative estimate of drug-likeness (QED) is 0.773. The third-order valence-electron chi connectivity index (χ3n) is 4.20. The predicted molar refractivity (Wildman–Crippen MR) is 105 cm³/mol. The number of nitrogens with one attached hydrogen (secondary N) is 2. The van der Waals surface area contributed by atoms with E-state index in [4.69, 9.17) is 17.3 Å². The van der Waals surface area contributed by atoms with Gasteiger partial charge >= 0.3 is 0 Å². The first-order valence-corrected chi connectivity index (χ1v) is 8.77. The molecule has 0 saturated heterocycles. The molecule has 3 rings (SSSR count). The van der Waals surface area contributed by atoms with Crippen molar-refractivity contribution in [2.75, 3.05) is 6.54 Å². The summed E-state index contributed by atoms with van der Waals surface area (Å²) in [5.41, 5.74) is 9.22. The fourth-order valence-electron chi connectivity index (χ4n) is 2.78. The molecule has 2 aromatic rings. The zero-order valence-corrected chi connectivity index (χ0v) is 15.1. The molecule has 2 aromatic carbocycles. The highest BCUT2D eigenvalue weighted by Gasteiger charge is 2.26. The minimum atomic E-state index is -0.685. The van der Waals surface area contributed by atoms with Gasteiger partial charge in [0.05, 0.1) is 0 Å². The summed E-state index contributed by atoms with van der Waals surface area (Å²) in [5, 5.41) is 7.16. The molecule has 0 aliphatic carbocycles. The van der Waals surface area contributed by atoms with Crippen molar-refractivity contribution >= 4 is 17.6 Å². The van der Waals surface area contributed by atoms with E-state index in [1.165, 1.54) is 5.56 Å². The molecule has 0 fully saturated rings. The van der Waals surface area contributed by atoms with Gasteiger partial charge in [-0.3, -0.25) is 4.99 Å². The lowest BCUT2D eigenvalue weighted by atomic mass is 9.98. The Labute approximate surface area is 153 Å². The summed E-state index contributed by atoms with van der Waals surface area (Å²) in [7, 11) is 0. The van der Waals surface area contributed by atoms with Crippen molar-refractivity contribution in [3.05, 3.63) is 82.5 Å². The molecular formula is C20H23ClN4. The third kappa shape index (κ3) is 4.84. The van der Waals surface area contributed by atoms with Crippen LogP contribution in [0.2, 0.25) is 5.02 Å². The van der Waals surface area contributed by atoms with E-state index in [0.29, 0.717) is 18.9 Å². The number of aliphatic imine (C=N–C) groups is 1. The largest absolute Gasteiger partial charge is 0.334 e. The Bertz CT molecular complexity index is 786.